The molecule has 102 valence electrons. The van der Waals surface area contributed by atoms with Crippen LogP contribution in [0.2, 0.25) is 0 Å². The molecule has 0 amide bonds. The molecule has 19 heavy (non-hydrogen) atoms. The maximum absolute atomic E-state index is 11.6. The Kier molecular flexibility index (Phi) is 4.06. The van der Waals surface area contributed by atoms with Crippen molar-refractivity contribution in [3.63, 3.8) is 0 Å². The summed E-state index contributed by atoms with van der Waals surface area (Å²) >= 11 is 5.44. The van der Waals surface area contributed by atoms with E-state index >= 15 is 0 Å². The highest BCUT2D eigenvalue weighted by Crippen LogP contribution is 2.23. The normalized spacial score (nSPS) is 11.5. The molecule has 0 fully saturated rings. The van der Waals surface area contributed by atoms with E-state index in [1.807, 2.05) is 0 Å². The minimum atomic E-state index is -3.41. The first-order chi connectivity index (χ1) is 9.02. The Hall–Kier alpha value is -1.60. The van der Waals surface area contributed by atoms with Gasteiger partial charge >= 0.3 is 0 Å². The highest BCUT2D eigenvalue weighted by molar-refractivity contribution is 7.92. The van der Waals surface area contributed by atoms with Gasteiger partial charge in [0.25, 0.3) is 0 Å². The molecule has 0 aliphatic carbocycles. The summed E-state index contributed by atoms with van der Waals surface area (Å²) < 4.78 is 30.8. The van der Waals surface area contributed by atoms with E-state index in [1.165, 1.54) is 6.39 Å². The van der Waals surface area contributed by atoms with E-state index in [4.69, 9.17) is 16.0 Å². The first-order valence-corrected chi connectivity index (χ1v) is 7.64. The fraction of sp³-hybridized carbons (Fsp3) is 0.273. The number of nitrogens with one attached hydrogen (secondary N) is 1. The van der Waals surface area contributed by atoms with E-state index in [1.54, 1.807) is 25.1 Å². The Morgan fingerprint density at radius 3 is 2.79 bits per heavy atom. The maximum Gasteiger partial charge on any atom is 0.247 e. The zero-order valence-corrected chi connectivity index (χ0v) is 11.7. The fourth-order valence-corrected chi connectivity index (χ4v) is 3.01. The van der Waals surface area contributed by atoms with Crippen molar-refractivity contribution in [2.24, 2.45) is 0 Å². The molecule has 0 spiro atoms. The van der Waals surface area contributed by atoms with Crippen molar-refractivity contribution in [1.29, 1.82) is 0 Å². The Bertz CT molecular complexity index is 656. The molecule has 0 unspecified atom stereocenters. The smallest absolute Gasteiger partial charge is 0.247 e. The van der Waals surface area contributed by atoms with Gasteiger partial charge in [0.05, 0.1) is 11.4 Å². The Balaban J connectivity index is 2.25. The average Bonchev–Trinajstić information content (AvgIpc) is 2.85. The monoisotopic (exact) mass is 301 g/mol. The van der Waals surface area contributed by atoms with Crippen molar-refractivity contribution in [3.05, 3.63) is 30.2 Å². The third-order valence-electron chi connectivity index (χ3n) is 2.44. The number of aromatic nitrogens is 2. The minimum Gasteiger partial charge on any atom is -0.423 e. The Morgan fingerprint density at radius 1 is 1.42 bits per heavy atom. The lowest BCUT2D eigenvalue weighted by Gasteiger charge is -2.10. The molecule has 1 heterocycles. The lowest BCUT2D eigenvalue weighted by Crippen LogP contribution is -2.18. The third kappa shape index (κ3) is 3.45. The van der Waals surface area contributed by atoms with Crippen LogP contribution in [0.3, 0.4) is 0 Å². The molecule has 1 N–H and O–H groups in total. The highest BCUT2D eigenvalue weighted by Gasteiger charge is 2.12. The van der Waals surface area contributed by atoms with Crippen molar-refractivity contribution in [2.75, 3.05) is 16.4 Å². The number of benzene rings is 1. The third-order valence-corrected chi connectivity index (χ3v) is 4.13. The Morgan fingerprint density at radius 2 is 2.21 bits per heavy atom. The number of halogens is 1. The van der Waals surface area contributed by atoms with E-state index in [-0.39, 0.29) is 11.6 Å². The molecular weight excluding hydrogens is 290 g/mol. The molecule has 1 aromatic carbocycles. The molecule has 8 heteroatoms. The number of alkyl halides is 1. The van der Waals surface area contributed by atoms with Crippen LogP contribution in [0.1, 0.15) is 5.56 Å². The quantitative estimate of drug-likeness (QED) is 0.854. The molecule has 1 aromatic heterocycles. The van der Waals surface area contributed by atoms with Gasteiger partial charge in [0, 0.05) is 11.4 Å². The largest absolute Gasteiger partial charge is 0.423 e. The van der Waals surface area contributed by atoms with E-state index in [2.05, 4.69) is 14.9 Å². The van der Waals surface area contributed by atoms with Crippen LogP contribution in [0.4, 0.5) is 5.69 Å². The number of nitrogens with zero attached hydrogens (tertiary/aromatic N) is 2. The minimum absolute atomic E-state index is 0.0500. The van der Waals surface area contributed by atoms with Crippen LogP contribution in [0, 0.1) is 6.92 Å². The molecule has 0 saturated heterocycles. The molecular formula is C11H12ClN3O3S. The highest BCUT2D eigenvalue weighted by atomic mass is 35.5. The van der Waals surface area contributed by atoms with Crippen molar-refractivity contribution in [1.82, 2.24) is 10.2 Å². The number of sulfonamides is 1. The van der Waals surface area contributed by atoms with E-state index in [0.717, 1.165) is 11.1 Å². The number of hydrogen-bond acceptors (Lipinski definition) is 5. The van der Waals surface area contributed by atoms with E-state index in [9.17, 15) is 8.42 Å². The first kappa shape index (κ1) is 13.8. The summed E-state index contributed by atoms with van der Waals surface area (Å²) in [5.74, 6) is 0.312. The van der Waals surface area contributed by atoms with Crippen LogP contribution in [0.25, 0.3) is 11.5 Å². The van der Waals surface area contributed by atoms with Crippen LogP contribution in [-0.2, 0) is 10.0 Å². The molecule has 2 rings (SSSR count). The van der Waals surface area contributed by atoms with Crippen LogP contribution < -0.4 is 4.72 Å². The Labute approximate surface area is 115 Å². The second-order valence-corrected chi connectivity index (χ2v) is 6.10. The summed E-state index contributed by atoms with van der Waals surface area (Å²) in [5.41, 5.74) is 2.00. The molecule has 0 aliphatic heterocycles. The summed E-state index contributed by atoms with van der Waals surface area (Å²) in [5, 5.41) is 7.38. The summed E-state index contributed by atoms with van der Waals surface area (Å²) in [6.07, 6.45) is 1.24. The van der Waals surface area contributed by atoms with Crippen LogP contribution in [0.15, 0.2) is 29.0 Å². The van der Waals surface area contributed by atoms with E-state index < -0.39 is 10.0 Å². The van der Waals surface area contributed by atoms with Gasteiger partial charge in [-0.1, -0.05) is 0 Å². The predicted molar refractivity (Wildman–Crippen MR) is 72.6 cm³/mol. The molecule has 0 saturated carbocycles. The number of hydrogen-bond donors (Lipinski definition) is 1. The van der Waals surface area contributed by atoms with Crippen LogP contribution >= 0.6 is 11.6 Å². The predicted octanol–water partition coefficient (Wildman–Crippen LogP) is 2.03. The average molecular weight is 302 g/mol. The zero-order chi connectivity index (χ0) is 13.9. The lowest BCUT2D eigenvalue weighted by atomic mass is 10.1. The van der Waals surface area contributed by atoms with Gasteiger partial charge in [-0.3, -0.25) is 4.72 Å². The second-order valence-electron chi connectivity index (χ2n) is 3.88. The summed E-state index contributed by atoms with van der Waals surface area (Å²) in [7, 11) is -3.41. The second kappa shape index (κ2) is 5.58. The van der Waals surface area contributed by atoms with Gasteiger partial charge < -0.3 is 4.42 Å². The van der Waals surface area contributed by atoms with Gasteiger partial charge in [-0.25, -0.2) is 8.42 Å². The van der Waals surface area contributed by atoms with Gasteiger partial charge in [0.15, 0.2) is 0 Å². The molecule has 2 aromatic rings. The lowest BCUT2D eigenvalue weighted by molar-refractivity contribution is 0.568. The van der Waals surface area contributed by atoms with Crippen LogP contribution in [-0.4, -0.2) is 30.2 Å². The molecule has 0 bridgehead atoms. The number of anilines is 1. The van der Waals surface area contributed by atoms with Gasteiger partial charge in [0.1, 0.15) is 0 Å². The van der Waals surface area contributed by atoms with Gasteiger partial charge in [0.2, 0.25) is 22.3 Å². The van der Waals surface area contributed by atoms with Crippen LogP contribution in [0.5, 0.6) is 0 Å². The first-order valence-electron chi connectivity index (χ1n) is 5.45. The molecule has 0 radical (unpaired) electrons. The number of rotatable bonds is 5. The molecule has 0 aliphatic rings. The summed E-state index contributed by atoms with van der Waals surface area (Å²) in [6, 6.07) is 5.13. The van der Waals surface area contributed by atoms with Crippen molar-refractivity contribution in [2.45, 2.75) is 6.92 Å². The number of aryl methyl sites for hydroxylation is 1. The van der Waals surface area contributed by atoms with Crippen molar-refractivity contribution in [3.8, 4) is 11.5 Å². The van der Waals surface area contributed by atoms with Crippen molar-refractivity contribution >= 4 is 27.3 Å². The SMILES string of the molecule is Cc1cc(-c2nnco2)ccc1NS(=O)(=O)CCCl. The molecule has 6 nitrogen and oxygen atoms in total. The standard InChI is InChI=1S/C11H12ClN3O3S/c1-8-6-9(11-14-13-7-18-11)2-3-10(8)15-19(16,17)5-4-12/h2-3,6-7,15H,4-5H2,1H3. The summed E-state index contributed by atoms with van der Waals surface area (Å²) in [4.78, 5) is 0. The van der Waals surface area contributed by atoms with Crippen molar-refractivity contribution < 1.29 is 12.8 Å². The van der Waals surface area contributed by atoms with E-state index in [0.29, 0.717) is 11.6 Å². The zero-order valence-electron chi connectivity index (χ0n) is 10.1. The fourth-order valence-electron chi connectivity index (χ4n) is 1.53. The topological polar surface area (TPSA) is 85.1 Å². The van der Waals surface area contributed by atoms with Gasteiger partial charge in [-0.15, -0.1) is 21.8 Å². The van der Waals surface area contributed by atoms with Gasteiger partial charge in [-0.05, 0) is 30.7 Å². The molecule has 0 atom stereocenters. The van der Waals surface area contributed by atoms with Gasteiger partial charge in [-0.2, -0.15) is 0 Å². The summed E-state index contributed by atoms with van der Waals surface area (Å²) in [6.45, 7) is 1.79. The maximum atomic E-state index is 11.6.